The number of carbonyl (C=O) groups is 3. The number of aliphatic carboxylic acids is 1. The summed E-state index contributed by atoms with van der Waals surface area (Å²) in [5.74, 6) is -1.66. The predicted molar refractivity (Wildman–Crippen MR) is 91.6 cm³/mol. The number of Topliss-reactive ketones (excluding diaryl/α,β-unsaturated/α-hetero) is 1. The van der Waals surface area contributed by atoms with Crippen LogP contribution in [-0.2, 0) is 14.3 Å². The number of fused-ring (bicyclic) bond motifs is 3. The first kappa shape index (κ1) is 16.9. The maximum absolute atomic E-state index is 12.2. The number of rotatable bonds is 6. The van der Waals surface area contributed by atoms with Gasteiger partial charge in [-0.3, -0.25) is 14.4 Å². The lowest BCUT2D eigenvalue weighted by Gasteiger charge is -2.14. The van der Waals surface area contributed by atoms with Crippen LogP contribution in [0.15, 0.2) is 42.5 Å². The Morgan fingerprint density at radius 3 is 2.44 bits per heavy atom. The van der Waals surface area contributed by atoms with Gasteiger partial charge in [-0.2, -0.15) is 0 Å². The quantitative estimate of drug-likeness (QED) is 0.645. The van der Waals surface area contributed by atoms with Crippen molar-refractivity contribution in [2.75, 3.05) is 6.61 Å². The lowest BCUT2D eigenvalue weighted by molar-refractivity contribution is -0.141. The number of hydrogen-bond donors (Lipinski definition) is 1. The minimum atomic E-state index is -0.991. The van der Waals surface area contributed by atoms with Crippen molar-refractivity contribution in [3.8, 4) is 11.1 Å². The molecule has 0 saturated heterocycles. The zero-order valence-corrected chi connectivity index (χ0v) is 13.8. The van der Waals surface area contributed by atoms with E-state index in [-0.39, 0.29) is 37.1 Å². The topological polar surface area (TPSA) is 80.7 Å². The minimum absolute atomic E-state index is 0.0321. The third-order valence-electron chi connectivity index (χ3n) is 4.39. The molecule has 0 fully saturated rings. The average Bonchev–Trinajstić information content (AvgIpc) is 2.91. The molecule has 0 bridgehead atoms. The number of ether oxygens (including phenoxy) is 1. The van der Waals surface area contributed by atoms with Gasteiger partial charge in [-0.25, -0.2) is 0 Å². The van der Waals surface area contributed by atoms with Crippen molar-refractivity contribution in [1.29, 1.82) is 0 Å². The first-order chi connectivity index (χ1) is 12.0. The molecular weight excluding hydrogens is 320 g/mol. The van der Waals surface area contributed by atoms with Crippen LogP contribution in [0.4, 0.5) is 0 Å². The molecule has 0 aliphatic heterocycles. The van der Waals surface area contributed by atoms with Gasteiger partial charge in [0.15, 0.2) is 5.78 Å². The number of carboxylic acid groups (broad SMARTS) is 1. The molecule has 0 spiro atoms. The van der Waals surface area contributed by atoms with E-state index in [9.17, 15) is 14.4 Å². The molecule has 0 amide bonds. The van der Waals surface area contributed by atoms with Gasteiger partial charge in [0, 0.05) is 24.8 Å². The first-order valence-corrected chi connectivity index (χ1v) is 8.09. The maximum Gasteiger partial charge on any atom is 0.303 e. The minimum Gasteiger partial charge on any atom is -0.481 e. The van der Waals surface area contributed by atoms with Gasteiger partial charge in [0.25, 0.3) is 0 Å². The van der Waals surface area contributed by atoms with Crippen molar-refractivity contribution in [2.45, 2.75) is 25.7 Å². The second-order valence-corrected chi connectivity index (χ2v) is 6.06. The fourth-order valence-electron chi connectivity index (χ4n) is 3.23. The van der Waals surface area contributed by atoms with Crippen LogP contribution in [0.5, 0.6) is 0 Å². The summed E-state index contributed by atoms with van der Waals surface area (Å²) >= 11 is 0. The molecule has 5 heteroatoms. The van der Waals surface area contributed by atoms with Crippen molar-refractivity contribution in [3.63, 3.8) is 0 Å². The van der Waals surface area contributed by atoms with Crippen LogP contribution in [-0.4, -0.2) is 29.4 Å². The molecule has 1 N–H and O–H groups in total. The molecule has 0 radical (unpaired) electrons. The summed E-state index contributed by atoms with van der Waals surface area (Å²) < 4.78 is 5.22. The Labute approximate surface area is 145 Å². The van der Waals surface area contributed by atoms with Crippen molar-refractivity contribution >= 4 is 17.7 Å². The number of carboxylic acids is 1. The van der Waals surface area contributed by atoms with Gasteiger partial charge in [-0.05, 0) is 28.3 Å². The molecule has 1 atom stereocenters. The molecule has 3 rings (SSSR count). The van der Waals surface area contributed by atoms with Gasteiger partial charge in [0.1, 0.15) is 6.61 Å². The SMILES string of the molecule is CC(=O)OCC1c2ccccc2-c2ccc(C(=O)CCC(=O)O)cc21. The van der Waals surface area contributed by atoms with Crippen LogP contribution < -0.4 is 0 Å². The number of hydrogen-bond acceptors (Lipinski definition) is 4. The average molecular weight is 338 g/mol. The molecule has 0 aromatic heterocycles. The summed E-state index contributed by atoms with van der Waals surface area (Å²) in [7, 11) is 0. The molecule has 0 saturated carbocycles. The van der Waals surface area contributed by atoms with Crippen LogP contribution in [0.3, 0.4) is 0 Å². The zero-order valence-electron chi connectivity index (χ0n) is 13.8. The third-order valence-corrected chi connectivity index (χ3v) is 4.39. The molecule has 1 aliphatic rings. The summed E-state index contributed by atoms with van der Waals surface area (Å²) in [6.45, 7) is 1.58. The summed E-state index contributed by atoms with van der Waals surface area (Å²) in [4.78, 5) is 34.1. The van der Waals surface area contributed by atoms with E-state index in [1.54, 1.807) is 12.1 Å². The largest absolute Gasteiger partial charge is 0.481 e. The number of ketones is 1. The Bertz CT molecular complexity index is 853. The number of esters is 1. The Morgan fingerprint density at radius 2 is 1.72 bits per heavy atom. The highest BCUT2D eigenvalue weighted by molar-refractivity contribution is 5.98. The van der Waals surface area contributed by atoms with Crippen molar-refractivity contribution < 1.29 is 24.2 Å². The Hall–Kier alpha value is -2.95. The molecule has 1 unspecified atom stereocenters. The Morgan fingerprint density at radius 1 is 1.00 bits per heavy atom. The fraction of sp³-hybridized carbons (Fsp3) is 0.250. The van der Waals surface area contributed by atoms with E-state index in [2.05, 4.69) is 0 Å². The summed E-state index contributed by atoms with van der Waals surface area (Å²) in [5, 5.41) is 8.75. The second-order valence-electron chi connectivity index (χ2n) is 6.06. The van der Waals surface area contributed by atoms with Crippen LogP contribution in [0.1, 0.15) is 47.2 Å². The van der Waals surface area contributed by atoms with Gasteiger partial charge in [0.2, 0.25) is 0 Å². The second kappa shape index (κ2) is 6.89. The maximum atomic E-state index is 12.2. The van der Waals surface area contributed by atoms with Gasteiger partial charge >= 0.3 is 11.9 Å². The monoisotopic (exact) mass is 338 g/mol. The standard InChI is InChI=1S/C20H18O5/c1-12(21)25-11-18-15-5-3-2-4-14(15)16-7-6-13(10-17(16)18)19(22)8-9-20(23)24/h2-7,10,18H,8-9,11H2,1H3,(H,23,24). The Kier molecular flexibility index (Phi) is 4.65. The third kappa shape index (κ3) is 3.45. The smallest absolute Gasteiger partial charge is 0.303 e. The predicted octanol–water partition coefficient (Wildman–Crippen LogP) is 3.41. The summed E-state index contributed by atoms with van der Waals surface area (Å²) in [6, 6.07) is 13.3. The molecule has 2 aromatic carbocycles. The van der Waals surface area contributed by atoms with Gasteiger partial charge in [-0.1, -0.05) is 36.4 Å². The normalized spacial score (nSPS) is 14.5. The summed E-state index contributed by atoms with van der Waals surface area (Å²) in [6.07, 6.45) is -0.220. The van der Waals surface area contributed by atoms with Crippen LogP contribution >= 0.6 is 0 Å². The van der Waals surface area contributed by atoms with Crippen molar-refractivity contribution in [3.05, 3.63) is 59.2 Å². The fourth-order valence-corrected chi connectivity index (χ4v) is 3.23. The lowest BCUT2D eigenvalue weighted by atomic mass is 9.95. The Balaban J connectivity index is 1.95. The molecule has 25 heavy (non-hydrogen) atoms. The van der Waals surface area contributed by atoms with Gasteiger partial charge in [-0.15, -0.1) is 0 Å². The number of carbonyl (C=O) groups excluding carboxylic acids is 2. The van der Waals surface area contributed by atoms with Gasteiger partial charge in [0.05, 0.1) is 6.42 Å². The molecule has 0 heterocycles. The van der Waals surface area contributed by atoms with Crippen molar-refractivity contribution in [2.24, 2.45) is 0 Å². The highest BCUT2D eigenvalue weighted by Gasteiger charge is 2.30. The van der Waals surface area contributed by atoms with Crippen LogP contribution in [0.2, 0.25) is 0 Å². The molecule has 1 aliphatic carbocycles. The first-order valence-electron chi connectivity index (χ1n) is 8.09. The summed E-state index contributed by atoms with van der Waals surface area (Å²) in [5.41, 5.74) is 4.57. The van der Waals surface area contributed by atoms with E-state index in [0.717, 1.165) is 22.3 Å². The molecular formula is C20H18O5. The molecule has 128 valence electrons. The van der Waals surface area contributed by atoms with E-state index >= 15 is 0 Å². The van der Waals surface area contributed by atoms with Crippen LogP contribution in [0, 0.1) is 0 Å². The highest BCUT2D eigenvalue weighted by Crippen LogP contribution is 2.45. The lowest BCUT2D eigenvalue weighted by Crippen LogP contribution is -2.11. The van der Waals surface area contributed by atoms with Gasteiger partial charge < -0.3 is 9.84 Å². The van der Waals surface area contributed by atoms with E-state index in [4.69, 9.17) is 9.84 Å². The van der Waals surface area contributed by atoms with E-state index in [1.807, 2.05) is 30.3 Å². The van der Waals surface area contributed by atoms with E-state index < -0.39 is 5.97 Å². The molecule has 5 nitrogen and oxygen atoms in total. The zero-order chi connectivity index (χ0) is 18.0. The van der Waals surface area contributed by atoms with Crippen molar-refractivity contribution in [1.82, 2.24) is 0 Å². The van der Waals surface area contributed by atoms with E-state index in [0.29, 0.717) is 5.56 Å². The molecule has 2 aromatic rings. The van der Waals surface area contributed by atoms with E-state index in [1.165, 1.54) is 6.92 Å². The van der Waals surface area contributed by atoms with Crippen LogP contribution in [0.25, 0.3) is 11.1 Å². The highest BCUT2D eigenvalue weighted by atomic mass is 16.5. The number of benzene rings is 2.